The summed E-state index contributed by atoms with van der Waals surface area (Å²) >= 11 is 0. The van der Waals surface area contributed by atoms with Crippen molar-refractivity contribution < 1.29 is 9.47 Å². The molecule has 2 heterocycles. The molecule has 2 saturated heterocycles. The van der Waals surface area contributed by atoms with Crippen molar-refractivity contribution >= 4 is 0 Å². The summed E-state index contributed by atoms with van der Waals surface area (Å²) in [4.78, 5) is 0. The molecule has 2 aliphatic heterocycles. The van der Waals surface area contributed by atoms with Crippen molar-refractivity contribution in [3.63, 3.8) is 0 Å². The van der Waals surface area contributed by atoms with E-state index in [0.29, 0.717) is 24.2 Å². The summed E-state index contributed by atoms with van der Waals surface area (Å²) < 4.78 is 11.5. The lowest BCUT2D eigenvalue weighted by atomic mass is 9.99. The fourth-order valence-electron chi connectivity index (χ4n) is 2.84. The summed E-state index contributed by atoms with van der Waals surface area (Å²) in [7, 11) is 0. The molecule has 4 unspecified atom stereocenters. The van der Waals surface area contributed by atoms with E-state index in [1.807, 2.05) is 0 Å². The summed E-state index contributed by atoms with van der Waals surface area (Å²) in [6.45, 7) is 7.43. The zero-order chi connectivity index (χ0) is 11.4. The number of rotatable bonds is 5. The zero-order valence-electron chi connectivity index (χ0n) is 10.6. The van der Waals surface area contributed by atoms with E-state index in [1.165, 1.54) is 19.3 Å². The van der Waals surface area contributed by atoms with Gasteiger partial charge in [0.25, 0.3) is 0 Å². The lowest BCUT2D eigenvalue weighted by Gasteiger charge is -2.19. The van der Waals surface area contributed by atoms with E-state index in [-0.39, 0.29) is 0 Å². The molecule has 0 radical (unpaired) electrons. The fourth-order valence-corrected chi connectivity index (χ4v) is 2.84. The molecule has 4 atom stereocenters. The molecular weight excluding hydrogens is 202 g/mol. The summed E-state index contributed by atoms with van der Waals surface area (Å²) in [5.41, 5.74) is 0. The summed E-state index contributed by atoms with van der Waals surface area (Å²) in [6.07, 6.45) is 6.18. The molecule has 0 bridgehead atoms. The highest BCUT2D eigenvalue weighted by Crippen LogP contribution is 2.23. The van der Waals surface area contributed by atoms with Gasteiger partial charge in [-0.2, -0.15) is 0 Å². The Hall–Kier alpha value is -0.120. The van der Waals surface area contributed by atoms with Crippen LogP contribution in [0.2, 0.25) is 0 Å². The van der Waals surface area contributed by atoms with Crippen molar-refractivity contribution in [1.29, 1.82) is 0 Å². The van der Waals surface area contributed by atoms with Crippen LogP contribution in [-0.2, 0) is 9.47 Å². The molecule has 0 aromatic rings. The SMILES string of the molecule is CCC1OCCC1CNCC1CCC(C)O1. The van der Waals surface area contributed by atoms with Gasteiger partial charge in [-0.15, -0.1) is 0 Å². The molecule has 3 nitrogen and oxygen atoms in total. The number of ether oxygens (including phenoxy) is 2. The molecule has 16 heavy (non-hydrogen) atoms. The Morgan fingerprint density at radius 1 is 1.19 bits per heavy atom. The van der Waals surface area contributed by atoms with Gasteiger partial charge in [0.1, 0.15) is 0 Å². The van der Waals surface area contributed by atoms with Gasteiger partial charge in [0.2, 0.25) is 0 Å². The van der Waals surface area contributed by atoms with Crippen LogP contribution in [0.4, 0.5) is 0 Å². The maximum atomic E-state index is 5.79. The molecule has 0 aromatic carbocycles. The minimum Gasteiger partial charge on any atom is -0.378 e. The Labute approximate surface area is 98.9 Å². The van der Waals surface area contributed by atoms with E-state index in [9.17, 15) is 0 Å². The van der Waals surface area contributed by atoms with Gasteiger partial charge in [0, 0.05) is 19.7 Å². The van der Waals surface area contributed by atoms with E-state index in [2.05, 4.69) is 19.2 Å². The number of nitrogens with one attached hydrogen (secondary N) is 1. The first-order valence-electron chi connectivity index (χ1n) is 6.77. The largest absolute Gasteiger partial charge is 0.378 e. The van der Waals surface area contributed by atoms with E-state index in [4.69, 9.17) is 9.47 Å². The minimum atomic E-state index is 0.442. The van der Waals surface area contributed by atoms with Crippen LogP contribution in [-0.4, -0.2) is 38.0 Å². The van der Waals surface area contributed by atoms with E-state index >= 15 is 0 Å². The van der Waals surface area contributed by atoms with Crippen LogP contribution in [0.3, 0.4) is 0 Å². The fraction of sp³-hybridized carbons (Fsp3) is 1.00. The smallest absolute Gasteiger partial charge is 0.0704 e. The molecule has 0 aliphatic carbocycles. The summed E-state index contributed by atoms with van der Waals surface area (Å²) in [5.74, 6) is 0.712. The van der Waals surface area contributed by atoms with Gasteiger partial charge in [-0.25, -0.2) is 0 Å². The lowest BCUT2D eigenvalue weighted by molar-refractivity contribution is 0.0533. The molecule has 1 N–H and O–H groups in total. The van der Waals surface area contributed by atoms with Crippen LogP contribution < -0.4 is 5.32 Å². The van der Waals surface area contributed by atoms with Gasteiger partial charge in [-0.3, -0.25) is 0 Å². The molecule has 0 aromatic heterocycles. The van der Waals surface area contributed by atoms with Gasteiger partial charge < -0.3 is 14.8 Å². The first-order valence-corrected chi connectivity index (χ1v) is 6.77. The molecule has 0 saturated carbocycles. The third-order valence-electron chi connectivity index (χ3n) is 3.85. The molecule has 94 valence electrons. The highest BCUT2D eigenvalue weighted by molar-refractivity contribution is 4.79. The topological polar surface area (TPSA) is 30.5 Å². The van der Waals surface area contributed by atoms with Crippen molar-refractivity contribution in [3.8, 4) is 0 Å². The van der Waals surface area contributed by atoms with Gasteiger partial charge in [0.15, 0.2) is 0 Å². The normalized spacial score (nSPS) is 39.4. The van der Waals surface area contributed by atoms with E-state index in [1.54, 1.807) is 0 Å². The van der Waals surface area contributed by atoms with Gasteiger partial charge in [0.05, 0.1) is 18.3 Å². The zero-order valence-corrected chi connectivity index (χ0v) is 10.6. The van der Waals surface area contributed by atoms with E-state index < -0.39 is 0 Å². The van der Waals surface area contributed by atoms with Crippen molar-refractivity contribution in [2.45, 2.75) is 57.8 Å². The first-order chi connectivity index (χ1) is 7.79. The second-order valence-corrected chi connectivity index (χ2v) is 5.17. The predicted molar refractivity (Wildman–Crippen MR) is 64.6 cm³/mol. The Balaban J connectivity index is 1.60. The average molecular weight is 227 g/mol. The quantitative estimate of drug-likeness (QED) is 0.779. The van der Waals surface area contributed by atoms with Crippen molar-refractivity contribution in [2.24, 2.45) is 5.92 Å². The Morgan fingerprint density at radius 2 is 2.06 bits per heavy atom. The summed E-state index contributed by atoms with van der Waals surface area (Å²) in [5, 5.41) is 3.55. The molecular formula is C13H25NO2. The van der Waals surface area contributed by atoms with Crippen LogP contribution in [0.5, 0.6) is 0 Å². The van der Waals surface area contributed by atoms with Crippen molar-refractivity contribution in [2.75, 3.05) is 19.7 Å². The molecule has 2 rings (SSSR count). The highest BCUT2D eigenvalue weighted by Gasteiger charge is 2.27. The maximum absolute atomic E-state index is 5.79. The number of hydrogen-bond donors (Lipinski definition) is 1. The van der Waals surface area contributed by atoms with Crippen molar-refractivity contribution in [3.05, 3.63) is 0 Å². The lowest BCUT2D eigenvalue weighted by Crippen LogP contribution is -2.33. The van der Waals surface area contributed by atoms with Gasteiger partial charge in [-0.1, -0.05) is 6.92 Å². The standard InChI is InChI=1S/C13H25NO2/c1-3-13-11(6-7-15-13)8-14-9-12-5-4-10(2)16-12/h10-14H,3-9H2,1-2H3. The maximum Gasteiger partial charge on any atom is 0.0704 e. The minimum absolute atomic E-state index is 0.442. The van der Waals surface area contributed by atoms with Crippen molar-refractivity contribution in [1.82, 2.24) is 5.32 Å². The molecule has 3 heteroatoms. The molecule has 0 amide bonds. The molecule has 2 aliphatic rings. The Kier molecular flexibility index (Phi) is 4.62. The van der Waals surface area contributed by atoms with Gasteiger partial charge >= 0.3 is 0 Å². The Bertz CT molecular complexity index is 210. The number of hydrogen-bond acceptors (Lipinski definition) is 3. The first kappa shape index (κ1) is 12.3. The van der Waals surface area contributed by atoms with Crippen LogP contribution in [0.1, 0.15) is 39.5 Å². The Morgan fingerprint density at radius 3 is 2.75 bits per heavy atom. The van der Waals surface area contributed by atoms with Crippen LogP contribution >= 0.6 is 0 Å². The predicted octanol–water partition coefficient (Wildman–Crippen LogP) is 1.96. The molecule has 0 spiro atoms. The average Bonchev–Trinajstić information content (AvgIpc) is 2.87. The second-order valence-electron chi connectivity index (χ2n) is 5.17. The summed E-state index contributed by atoms with van der Waals surface area (Å²) in [6, 6.07) is 0. The van der Waals surface area contributed by atoms with Crippen LogP contribution in [0.25, 0.3) is 0 Å². The third-order valence-corrected chi connectivity index (χ3v) is 3.85. The second kappa shape index (κ2) is 5.99. The van der Waals surface area contributed by atoms with Gasteiger partial charge in [-0.05, 0) is 38.5 Å². The van der Waals surface area contributed by atoms with Crippen LogP contribution in [0, 0.1) is 5.92 Å². The monoisotopic (exact) mass is 227 g/mol. The molecule has 2 fully saturated rings. The third kappa shape index (κ3) is 3.19. The van der Waals surface area contributed by atoms with E-state index in [0.717, 1.165) is 26.1 Å². The van der Waals surface area contributed by atoms with Crippen LogP contribution in [0.15, 0.2) is 0 Å². The highest BCUT2D eigenvalue weighted by atomic mass is 16.5.